The molecule has 0 radical (unpaired) electrons. The third-order valence-electron chi connectivity index (χ3n) is 5.19. The Labute approximate surface area is 176 Å². The second kappa shape index (κ2) is 7.74. The van der Waals surface area contributed by atoms with E-state index in [0.29, 0.717) is 17.2 Å². The number of ether oxygens (including phenoxy) is 1. The van der Waals surface area contributed by atoms with E-state index in [1.165, 1.54) is 0 Å². The Hall–Kier alpha value is -2.89. The van der Waals surface area contributed by atoms with Gasteiger partial charge in [-0.25, -0.2) is 18.1 Å². The van der Waals surface area contributed by atoms with E-state index in [-0.39, 0.29) is 10.9 Å². The highest BCUT2D eigenvalue weighted by Gasteiger charge is 2.27. The summed E-state index contributed by atoms with van der Waals surface area (Å²) in [4.78, 5) is 4.76. The molecule has 0 atom stereocenters. The van der Waals surface area contributed by atoms with E-state index in [0.717, 1.165) is 41.7 Å². The van der Waals surface area contributed by atoms with Crippen LogP contribution in [0.4, 0.5) is 0 Å². The van der Waals surface area contributed by atoms with Crippen molar-refractivity contribution in [3.05, 3.63) is 42.1 Å². The molecule has 156 valence electrons. The van der Waals surface area contributed by atoms with Crippen molar-refractivity contribution < 1.29 is 13.2 Å². The Bertz CT molecular complexity index is 1230. The van der Waals surface area contributed by atoms with Crippen molar-refractivity contribution in [2.75, 3.05) is 7.11 Å². The van der Waals surface area contributed by atoms with Crippen molar-refractivity contribution in [3.8, 4) is 23.1 Å². The van der Waals surface area contributed by atoms with Crippen molar-refractivity contribution >= 4 is 21.1 Å². The van der Waals surface area contributed by atoms with Gasteiger partial charge in [0.2, 0.25) is 10.0 Å². The normalized spacial score (nSPS) is 14.2. The van der Waals surface area contributed by atoms with Gasteiger partial charge in [-0.3, -0.25) is 0 Å². The van der Waals surface area contributed by atoms with Gasteiger partial charge in [-0.2, -0.15) is 5.26 Å². The van der Waals surface area contributed by atoms with Crippen LogP contribution >= 0.6 is 0 Å². The summed E-state index contributed by atoms with van der Waals surface area (Å²) >= 11 is 0. The van der Waals surface area contributed by atoms with Gasteiger partial charge in [0, 0.05) is 18.0 Å². The zero-order valence-electron chi connectivity index (χ0n) is 17.2. The number of fused-ring (bicyclic) bond motifs is 1. The van der Waals surface area contributed by atoms with Gasteiger partial charge >= 0.3 is 0 Å². The lowest BCUT2D eigenvalue weighted by Gasteiger charge is -2.12. The molecule has 1 aliphatic carbocycles. The zero-order chi connectivity index (χ0) is 21.5. The van der Waals surface area contributed by atoms with Crippen LogP contribution in [0.15, 0.2) is 41.4 Å². The molecule has 0 spiro atoms. The molecule has 1 N–H and O–H groups in total. The number of methoxy groups -OCH3 is 1. The molecule has 0 bridgehead atoms. The molecule has 1 aromatic carbocycles. The van der Waals surface area contributed by atoms with E-state index in [1.807, 2.05) is 6.07 Å². The summed E-state index contributed by atoms with van der Waals surface area (Å²) in [6.07, 6.45) is 3.98. The first-order valence-corrected chi connectivity index (χ1v) is 11.4. The van der Waals surface area contributed by atoms with Crippen LogP contribution in [0.1, 0.15) is 32.3 Å². The highest BCUT2D eigenvalue weighted by atomic mass is 32.2. The summed E-state index contributed by atoms with van der Waals surface area (Å²) in [5, 5.41) is 10.7. The first-order valence-electron chi connectivity index (χ1n) is 9.93. The van der Waals surface area contributed by atoms with Gasteiger partial charge in [-0.15, -0.1) is 0 Å². The van der Waals surface area contributed by atoms with Crippen molar-refractivity contribution in [2.24, 2.45) is 5.92 Å². The number of benzene rings is 1. The summed E-state index contributed by atoms with van der Waals surface area (Å²) < 4.78 is 34.9. The van der Waals surface area contributed by atoms with E-state index in [1.54, 1.807) is 51.4 Å². The molecule has 4 rings (SSSR count). The third kappa shape index (κ3) is 3.78. The average Bonchev–Trinajstić information content (AvgIpc) is 3.48. The second-order valence-electron chi connectivity index (χ2n) is 7.94. The van der Waals surface area contributed by atoms with E-state index >= 15 is 0 Å². The third-order valence-corrected chi connectivity index (χ3v) is 6.86. The molecule has 0 saturated heterocycles. The fourth-order valence-corrected chi connectivity index (χ4v) is 4.89. The molecule has 2 aromatic heterocycles. The number of hydrogen-bond donors (Lipinski definition) is 1. The van der Waals surface area contributed by atoms with Gasteiger partial charge in [0.25, 0.3) is 0 Å². The largest absolute Gasteiger partial charge is 0.495 e. The van der Waals surface area contributed by atoms with E-state index in [9.17, 15) is 13.7 Å². The van der Waals surface area contributed by atoms with Crippen molar-refractivity contribution in [3.63, 3.8) is 0 Å². The van der Waals surface area contributed by atoms with Crippen LogP contribution in [0.2, 0.25) is 0 Å². The molecule has 1 aliphatic rings. The van der Waals surface area contributed by atoms with Crippen LogP contribution in [0, 0.1) is 17.2 Å². The highest BCUT2D eigenvalue weighted by molar-refractivity contribution is 7.89. The molecule has 1 fully saturated rings. The second-order valence-corrected chi connectivity index (χ2v) is 9.65. The monoisotopic (exact) mass is 424 g/mol. The van der Waals surface area contributed by atoms with Crippen LogP contribution < -0.4 is 9.46 Å². The summed E-state index contributed by atoms with van der Waals surface area (Å²) in [6, 6.07) is 10.6. The molecule has 2 heterocycles. The number of rotatable bonds is 7. The molecule has 1 saturated carbocycles. The predicted octanol–water partition coefficient (Wildman–Crippen LogP) is 3.68. The maximum Gasteiger partial charge on any atom is 0.240 e. The lowest BCUT2D eigenvalue weighted by molar-refractivity contribution is 0.413. The molecule has 0 aliphatic heterocycles. The minimum atomic E-state index is -3.58. The van der Waals surface area contributed by atoms with E-state index < -0.39 is 10.0 Å². The van der Waals surface area contributed by atoms with E-state index in [2.05, 4.69) is 20.3 Å². The Morgan fingerprint density at radius 2 is 2.00 bits per heavy atom. The van der Waals surface area contributed by atoms with Crippen molar-refractivity contribution in [1.82, 2.24) is 14.3 Å². The van der Waals surface area contributed by atoms with Crippen LogP contribution in [0.3, 0.4) is 0 Å². The number of nitrogens with zero attached hydrogens (tertiary/aromatic N) is 3. The van der Waals surface area contributed by atoms with Gasteiger partial charge in [-0.1, -0.05) is 12.1 Å². The molecule has 7 nitrogen and oxygen atoms in total. The Morgan fingerprint density at radius 1 is 1.30 bits per heavy atom. The molecule has 30 heavy (non-hydrogen) atoms. The number of nitriles is 1. The molecular weight excluding hydrogens is 400 g/mol. The maximum absolute atomic E-state index is 12.5. The Kier molecular flexibility index (Phi) is 5.26. The van der Waals surface area contributed by atoms with Crippen LogP contribution in [-0.4, -0.2) is 31.1 Å². The summed E-state index contributed by atoms with van der Waals surface area (Å²) in [5.74, 6) is 1.17. The topological polar surface area (TPSA) is 97.0 Å². The van der Waals surface area contributed by atoms with Gasteiger partial charge in [0.15, 0.2) is 0 Å². The standard InChI is InChI=1S/C22H24N4O3S/c1-14(2)25-30(27,28)18-8-6-16(7-9-18)21-20(11-23)19-10-17(29-3)12-24-22(19)26(21)13-15-4-5-15/h6-10,12,14-15,25H,4-5,13H2,1-3H3. The maximum atomic E-state index is 12.5. The lowest BCUT2D eigenvalue weighted by Crippen LogP contribution is -2.30. The molecular formula is C22H24N4O3S. The van der Waals surface area contributed by atoms with E-state index in [4.69, 9.17) is 4.74 Å². The number of nitrogens with one attached hydrogen (secondary N) is 1. The first-order chi connectivity index (χ1) is 14.3. The first kappa shape index (κ1) is 20.4. The molecule has 8 heteroatoms. The average molecular weight is 425 g/mol. The quantitative estimate of drug-likeness (QED) is 0.624. The number of aromatic nitrogens is 2. The Morgan fingerprint density at radius 3 is 2.57 bits per heavy atom. The fraction of sp³-hybridized carbons (Fsp3) is 0.364. The zero-order valence-corrected chi connectivity index (χ0v) is 18.0. The van der Waals surface area contributed by atoms with Crippen LogP contribution in [-0.2, 0) is 16.6 Å². The number of sulfonamides is 1. The van der Waals surface area contributed by atoms with Gasteiger partial charge in [0.05, 0.1) is 29.5 Å². The SMILES string of the molecule is COc1cnc2c(c1)c(C#N)c(-c1ccc(S(=O)(=O)NC(C)C)cc1)n2CC1CC1. The lowest BCUT2D eigenvalue weighted by atomic mass is 10.1. The molecule has 3 aromatic rings. The molecule has 0 amide bonds. The Balaban J connectivity index is 1.86. The van der Waals surface area contributed by atoms with Crippen LogP contribution in [0.25, 0.3) is 22.3 Å². The van der Waals surface area contributed by atoms with Gasteiger partial charge in [-0.05, 0) is 56.4 Å². The van der Waals surface area contributed by atoms with Crippen molar-refractivity contribution in [1.29, 1.82) is 5.26 Å². The van der Waals surface area contributed by atoms with Gasteiger partial charge < -0.3 is 9.30 Å². The predicted molar refractivity (Wildman–Crippen MR) is 115 cm³/mol. The number of pyridine rings is 1. The van der Waals surface area contributed by atoms with Crippen LogP contribution in [0.5, 0.6) is 5.75 Å². The smallest absolute Gasteiger partial charge is 0.240 e. The minimum absolute atomic E-state index is 0.193. The summed E-state index contributed by atoms with van der Waals surface area (Å²) in [5.41, 5.74) is 2.81. The fourth-order valence-electron chi connectivity index (χ4n) is 3.64. The highest BCUT2D eigenvalue weighted by Crippen LogP contribution is 2.38. The summed E-state index contributed by atoms with van der Waals surface area (Å²) in [7, 11) is -2.01. The van der Waals surface area contributed by atoms with Gasteiger partial charge in [0.1, 0.15) is 17.5 Å². The minimum Gasteiger partial charge on any atom is -0.495 e. The molecule has 0 unspecified atom stereocenters. The van der Waals surface area contributed by atoms with Crippen molar-refractivity contribution in [2.45, 2.75) is 44.2 Å². The number of hydrogen-bond acceptors (Lipinski definition) is 5. The summed E-state index contributed by atoms with van der Waals surface area (Å²) in [6.45, 7) is 4.34.